The Hall–Kier alpha value is -0.200. The average Bonchev–Trinajstić information content (AvgIpc) is 2.32. The van der Waals surface area contributed by atoms with Gasteiger partial charge in [-0.3, -0.25) is 0 Å². The molecule has 0 saturated carbocycles. The predicted molar refractivity (Wildman–Crippen MR) is 39.4 cm³/mol. The third-order valence-electron chi connectivity index (χ3n) is 2.11. The fraction of sp³-hybridized carbons (Fsp3) is 1.00. The van der Waals surface area contributed by atoms with Crippen molar-refractivity contribution >= 4 is 0 Å². The summed E-state index contributed by atoms with van der Waals surface area (Å²) < 4.78 is 5.03. The molecule has 4 N–H and O–H groups in total. The fourth-order valence-corrected chi connectivity index (χ4v) is 1.30. The zero-order chi connectivity index (χ0) is 9.30. The van der Waals surface area contributed by atoms with Crippen molar-refractivity contribution in [3.8, 4) is 0 Å². The van der Waals surface area contributed by atoms with Crippen LogP contribution in [0.2, 0.25) is 0 Å². The lowest BCUT2D eigenvalue weighted by Crippen LogP contribution is -2.40. The molecule has 1 saturated heterocycles. The van der Waals surface area contributed by atoms with E-state index in [-0.39, 0.29) is 0 Å². The summed E-state index contributed by atoms with van der Waals surface area (Å²) in [4.78, 5) is 0. The molecule has 0 bridgehead atoms. The van der Waals surface area contributed by atoms with Crippen LogP contribution in [0.4, 0.5) is 0 Å². The van der Waals surface area contributed by atoms with E-state index in [2.05, 4.69) is 0 Å². The van der Waals surface area contributed by atoms with Crippen LogP contribution in [0, 0.1) is 0 Å². The van der Waals surface area contributed by atoms with Crippen molar-refractivity contribution in [1.29, 1.82) is 0 Å². The van der Waals surface area contributed by atoms with E-state index in [1.807, 2.05) is 0 Å². The van der Waals surface area contributed by atoms with Crippen molar-refractivity contribution in [3.05, 3.63) is 0 Å². The van der Waals surface area contributed by atoms with Gasteiger partial charge in [0.05, 0.1) is 12.7 Å². The Kier molecular flexibility index (Phi) is 3.03. The Labute approximate surface area is 70.2 Å². The van der Waals surface area contributed by atoms with Gasteiger partial charge in [-0.05, 0) is 6.92 Å². The maximum Gasteiger partial charge on any atom is 0.115 e. The molecule has 0 unspecified atom stereocenters. The van der Waals surface area contributed by atoms with Crippen LogP contribution in [0.15, 0.2) is 0 Å². The standard InChI is InChI=1S/C7H14O5/c1-3-5(10)6(11)7(12-3)4(9)2-8/h3-11H,2H2,1H3/t3-,4+,5-,6+,7+/m0/s1. The SMILES string of the molecule is C[C@@H]1O[C@H]([C@H](O)CO)[C@H](O)[C@H]1O. The molecule has 5 heteroatoms. The molecule has 0 aromatic heterocycles. The van der Waals surface area contributed by atoms with Gasteiger partial charge < -0.3 is 25.2 Å². The van der Waals surface area contributed by atoms with Crippen LogP contribution in [0.25, 0.3) is 0 Å². The molecule has 1 fully saturated rings. The molecule has 1 aliphatic heterocycles. The number of hydrogen-bond donors (Lipinski definition) is 4. The van der Waals surface area contributed by atoms with E-state index >= 15 is 0 Å². The summed E-state index contributed by atoms with van der Waals surface area (Å²) in [6, 6.07) is 0. The molecule has 1 rings (SSSR count). The molecule has 0 aliphatic carbocycles. The van der Waals surface area contributed by atoms with Gasteiger partial charge in [0, 0.05) is 0 Å². The van der Waals surface area contributed by atoms with Gasteiger partial charge >= 0.3 is 0 Å². The van der Waals surface area contributed by atoms with Crippen molar-refractivity contribution in [2.75, 3.05) is 6.61 Å². The average molecular weight is 178 g/mol. The van der Waals surface area contributed by atoms with Crippen LogP contribution in [0.5, 0.6) is 0 Å². The number of aliphatic hydroxyl groups excluding tert-OH is 4. The van der Waals surface area contributed by atoms with Crippen LogP contribution in [-0.2, 0) is 4.74 Å². The van der Waals surface area contributed by atoms with Gasteiger partial charge in [0.1, 0.15) is 24.4 Å². The molecular weight excluding hydrogens is 164 g/mol. The van der Waals surface area contributed by atoms with Crippen LogP contribution in [-0.4, -0.2) is 57.6 Å². The van der Waals surface area contributed by atoms with Crippen molar-refractivity contribution in [2.24, 2.45) is 0 Å². The van der Waals surface area contributed by atoms with Crippen molar-refractivity contribution < 1.29 is 25.2 Å². The highest BCUT2D eigenvalue weighted by molar-refractivity contribution is 4.91. The molecule has 1 aliphatic rings. The van der Waals surface area contributed by atoms with Gasteiger partial charge in [0.25, 0.3) is 0 Å². The highest BCUT2D eigenvalue weighted by Crippen LogP contribution is 2.22. The zero-order valence-electron chi connectivity index (χ0n) is 6.79. The Morgan fingerprint density at radius 1 is 1.33 bits per heavy atom. The summed E-state index contributed by atoms with van der Waals surface area (Å²) in [5.41, 5.74) is 0. The van der Waals surface area contributed by atoms with E-state index in [1.54, 1.807) is 6.92 Å². The lowest BCUT2D eigenvalue weighted by molar-refractivity contribution is -0.0786. The van der Waals surface area contributed by atoms with Crippen molar-refractivity contribution in [2.45, 2.75) is 37.4 Å². The first-order valence-corrected chi connectivity index (χ1v) is 3.88. The molecule has 0 aromatic rings. The Morgan fingerprint density at radius 2 is 1.92 bits per heavy atom. The Balaban J connectivity index is 2.58. The van der Waals surface area contributed by atoms with E-state index in [4.69, 9.17) is 14.9 Å². The summed E-state index contributed by atoms with van der Waals surface area (Å²) in [6.07, 6.45) is -4.65. The van der Waals surface area contributed by atoms with Gasteiger partial charge in [-0.2, -0.15) is 0 Å². The first-order chi connectivity index (χ1) is 5.57. The topological polar surface area (TPSA) is 90.2 Å². The van der Waals surface area contributed by atoms with Crippen LogP contribution < -0.4 is 0 Å². The molecule has 5 atom stereocenters. The molecule has 0 spiro atoms. The summed E-state index contributed by atoms with van der Waals surface area (Å²) in [6.45, 7) is 1.11. The molecule has 0 radical (unpaired) electrons. The number of hydrogen-bond acceptors (Lipinski definition) is 5. The number of ether oxygens (including phenoxy) is 1. The van der Waals surface area contributed by atoms with Crippen molar-refractivity contribution in [3.63, 3.8) is 0 Å². The monoisotopic (exact) mass is 178 g/mol. The molecular formula is C7H14O5. The van der Waals surface area contributed by atoms with Crippen LogP contribution >= 0.6 is 0 Å². The smallest absolute Gasteiger partial charge is 0.115 e. The van der Waals surface area contributed by atoms with Gasteiger partial charge in [-0.15, -0.1) is 0 Å². The lowest BCUT2D eigenvalue weighted by Gasteiger charge is -2.18. The summed E-state index contributed by atoms with van der Waals surface area (Å²) in [5, 5.41) is 36.2. The van der Waals surface area contributed by atoms with Crippen LogP contribution in [0.3, 0.4) is 0 Å². The normalized spacial score (nSPS) is 44.8. The second-order valence-corrected chi connectivity index (χ2v) is 3.04. The third-order valence-corrected chi connectivity index (χ3v) is 2.11. The van der Waals surface area contributed by atoms with E-state index in [0.29, 0.717) is 0 Å². The fourth-order valence-electron chi connectivity index (χ4n) is 1.30. The minimum atomic E-state index is -1.14. The molecule has 5 nitrogen and oxygen atoms in total. The van der Waals surface area contributed by atoms with Crippen LogP contribution in [0.1, 0.15) is 6.92 Å². The number of aliphatic hydroxyl groups is 4. The highest BCUT2D eigenvalue weighted by Gasteiger charge is 2.43. The van der Waals surface area contributed by atoms with E-state index < -0.39 is 37.1 Å². The van der Waals surface area contributed by atoms with E-state index in [0.717, 1.165) is 0 Å². The molecule has 0 amide bonds. The minimum absolute atomic E-state index is 0.485. The summed E-state index contributed by atoms with van der Waals surface area (Å²) in [5.74, 6) is 0. The second-order valence-electron chi connectivity index (χ2n) is 3.04. The molecule has 0 aromatic carbocycles. The Bertz CT molecular complexity index is 151. The van der Waals surface area contributed by atoms with Gasteiger partial charge in [0.15, 0.2) is 0 Å². The van der Waals surface area contributed by atoms with Gasteiger partial charge in [0.2, 0.25) is 0 Å². The predicted octanol–water partition coefficient (Wildman–Crippen LogP) is -2.15. The van der Waals surface area contributed by atoms with Crippen molar-refractivity contribution in [1.82, 2.24) is 0 Å². The van der Waals surface area contributed by atoms with Gasteiger partial charge in [-0.1, -0.05) is 0 Å². The highest BCUT2D eigenvalue weighted by atomic mass is 16.6. The first kappa shape index (κ1) is 9.88. The molecule has 12 heavy (non-hydrogen) atoms. The minimum Gasteiger partial charge on any atom is -0.394 e. The molecule has 72 valence electrons. The van der Waals surface area contributed by atoms with Gasteiger partial charge in [-0.25, -0.2) is 0 Å². The third kappa shape index (κ3) is 1.60. The maximum atomic E-state index is 9.28. The largest absolute Gasteiger partial charge is 0.394 e. The maximum absolute atomic E-state index is 9.28. The number of rotatable bonds is 2. The lowest BCUT2D eigenvalue weighted by atomic mass is 10.1. The Morgan fingerprint density at radius 3 is 2.25 bits per heavy atom. The summed E-state index contributed by atoms with van der Waals surface area (Å²) in [7, 11) is 0. The first-order valence-electron chi connectivity index (χ1n) is 3.88. The zero-order valence-corrected chi connectivity index (χ0v) is 6.79. The van der Waals surface area contributed by atoms with E-state index in [9.17, 15) is 10.2 Å². The van der Waals surface area contributed by atoms with E-state index in [1.165, 1.54) is 0 Å². The second kappa shape index (κ2) is 3.68. The quantitative estimate of drug-likeness (QED) is 0.387. The summed E-state index contributed by atoms with van der Waals surface area (Å²) >= 11 is 0. The molecule has 1 heterocycles.